The molecule has 0 spiro atoms. The predicted octanol–water partition coefficient (Wildman–Crippen LogP) is 3.36. The van der Waals surface area contributed by atoms with Crippen LogP contribution >= 0.6 is 0 Å². The number of hydrogen-bond donors (Lipinski definition) is 2. The zero-order chi connectivity index (χ0) is 17.8. The molecule has 5 nitrogen and oxygen atoms in total. The molecule has 6 heteroatoms. The van der Waals surface area contributed by atoms with Gasteiger partial charge in [-0.15, -0.1) is 0 Å². The summed E-state index contributed by atoms with van der Waals surface area (Å²) in [5, 5.41) is 9.73. The van der Waals surface area contributed by atoms with Crippen molar-refractivity contribution in [1.29, 1.82) is 0 Å². The number of phenols is 1. The SMILES string of the molecule is NC/C=C(/F)COc1ccc2c(=O)c(-c3ccc(O)cc3)coc2c1. The molecule has 0 unspecified atom stereocenters. The van der Waals surface area contributed by atoms with Gasteiger partial charge in [0.25, 0.3) is 0 Å². The molecule has 1 heterocycles. The fourth-order valence-electron chi connectivity index (χ4n) is 2.38. The molecule has 0 amide bonds. The highest BCUT2D eigenvalue weighted by molar-refractivity contribution is 5.82. The van der Waals surface area contributed by atoms with Gasteiger partial charge in [-0.1, -0.05) is 12.1 Å². The molecule has 25 heavy (non-hydrogen) atoms. The molecule has 0 aliphatic carbocycles. The Morgan fingerprint density at radius 2 is 2.00 bits per heavy atom. The van der Waals surface area contributed by atoms with E-state index < -0.39 is 5.83 Å². The first kappa shape index (κ1) is 16.7. The smallest absolute Gasteiger partial charge is 0.200 e. The van der Waals surface area contributed by atoms with Crippen molar-refractivity contribution in [3.05, 3.63) is 70.9 Å². The molecule has 0 bridgehead atoms. The lowest BCUT2D eigenvalue weighted by molar-refractivity contribution is 0.318. The van der Waals surface area contributed by atoms with Crippen molar-refractivity contribution in [3.63, 3.8) is 0 Å². The van der Waals surface area contributed by atoms with Crippen molar-refractivity contribution in [2.24, 2.45) is 5.73 Å². The van der Waals surface area contributed by atoms with Gasteiger partial charge in [-0.3, -0.25) is 4.79 Å². The van der Waals surface area contributed by atoms with Crippen molar-refractivity contribution < 1.29 is 18.7 Å². The Hall–Kier alpha value is -3.12. The van der Waals surface area contributed by atoms with E-state index >= 15 is 0 Å². The summed E-state index contributed by atoms with van der Waals surface area (Å²) in [5.41, 5.74) is 6.39. The number of rotatable bonds is 5. The molecule has 3 N–H and O–H groups in total. The molecule has 0 saturated heterocycles. The molecule has 0 atom stereocenters. The van der Waals surface area contributed by atoms with Crippen LogP contribution in [0, 0.1) is 0 Å². The topological polar surface area (TPSA) is 85.7 Å². The van der Waals surface area contributed by atoms with E-state index in [1.807, 2.05) is 0 Å². The summed E-state index contributed by atoms with van der Waals surface area (Å²) < 4.78 is 24.1. The van der Waals surface area contributed by atoms with E-state index in [1.54, 1.807) is 24.3 Å². The van der Waals surface area contributed by atoms with E-state index in [4.69, 9.17) is 14.9 Å². The standard InChI is InChI=1S/C19H16FNO4/c20-13(7-8-21)10-24-15-5-6-16-18(9-15)25-11-17(19(16)23)12-1-3-14(22)4-2-12/h1-7,9,11,22H,8,10,21H2/b13-7+. The Balaban J connectivity index is 1.92. The molecule has 0 aliphatic rings. The van der Waals surface area contributed by atoms with E-state index in [-0.39, 0.29) is 24.3 Å². The second-order valence-corrected chi connectivity index (χ2v) is 5.36. The summed E-state index contributed by atoms with van der Waals surface area (Å²) in [6.45, 7) is -0.139. The van der Waals surface area contributed by atoms with Crippen molar-refractivity contribution in [2.45, 2.75) is 0 Å². The zero-order valence-electron chi connectivity index (χ0n) is 13.2. The van der Waals surface area contributed by atoms with Gasteiger partial charge in [-0.05, 0) is 35.9 Å². The normalized spacial score (nSPS) is 11.7. The van der Waals surface area contributed by atoms with Crippen LogP contribution in [0.15, 0.2) is 69.8 Å². The van der Waals surface area contributed by atoms with Crippen molar-refractivity contribution in [1.82, 2.24) is 0 Å². The highest BCUT2D eigenvalue weighted by Crippen LogP contribution is 2.24. The van der Waals surface area contributed by atoms with Crippen LogP contribution in [0.4, 0.5) is 4.39 Å². The molecule has 0 saturated carbocycles. The van der Waals surface area contributed by atoms with Gasteiger partial charge < -0.3 is 20.0 Å². The molecule has 1 aromatic heterocycles. The minimum Gasteiger partial charge on any atom is -0.508 e. The third-order valence-corrected chi connectivity index (χ3v) is 3.64. The molecule has 0 radical (unpaired) electrons. The van der Waals surface area contributed by atoms with E-state index in [0.717, 1.165) is 0 Å². The number of ether oxygens (including phenoxy) is 1. The molecule has 128 valence electrons. The Morgan fingerprint density at radius 1 is 1.24 bits per heavy atom. The first-order valence-corrected chi connectivity index (χ1v) is 7.61. The average Bonchev–Trinajstić information content (AvgIpc) is 2.61. The Bertz CT molecular complexity index is 977. The number of halogens is 1. The van der Waals surface area contributed by atoms with E-state index in [1.165, 1.54) is 30.5 Å². The Morgan fingerprint density at radius 3 is 2.72 bits per heavy atom. The van der Waals surface area contributed by atoms with Crippen LogP contribution in [0.3, 0.4) is 0 Å². The maximum absolute atomic E-state index is 13.3. The highest BCUT2D eigenvalue weighted by atomic mass is 19.1. The van der Waals surface area contributed by atoms with E-state index in [9.17, 15) is 14.3 Å². The summed E-state index contributed by atoms with van der Waals surface area (Å²) in [5.74, 6) is 0.0342. The van der Waals surface area contributed by atoms with Crippen LogP contribution in [0.2, 0.25) is 0 Å². The summed E-state index contributed by atoms with van der Waals surface area (Å²) in [7, 11) is 0. The van der Waals surface area contributed by atoms with Crippen LogP contribution in [0.5, 0.6) is 11.5 Å². The monoisotopic (exact) mass is 341 g/mol. The maximum atomic E-state index is 13.3. The third kappa shape index (κ3) is 3.70. The Kier molecular flexibility index (Phi) is 4.81. The fraction of sp³-hybridized carbons (Fsp3) is 0.105. The van der Waals surface area contributed by atoms with Crippen LogP contribution < -0.4 is 15.9 Å². The third-order valence-electron chi connectivity index (χ3n) is 3.64. The van der Waals surface area contributed by atoms with Gasteiger partial charge in [-0.25, -0.2) is 4.39 Å². The van der Waals surface area contributed by atoms with Gasteiger partial charge in [0.15, 0.2) is 5.43 Å². The molecule has 3 rings (SSSR count). The van der Waals surface area contributed by atoms with Gasteiger partial charge in [0.05, 0.1) is 10.9 Å². The van der Waals surface area contributed by atoms with Crippen LogP contribution in [0.1, 0.15) is 0 Å². The van der Waals surface area contributed by atoms with Gasteiger partial charge >= 0.3 is 0 Å². The number of hydrogen-bond acceptors (Lipinski definition) is 5. The van der Waals surface area contributed by atoms with Crippen LogP contribution in [0.25, 0.3) is 22.1 Å². The lowest BCUT2D eigenvalue weighted by atomic mass is 10.1. The maximum Gasteiger partial charge on any atom is 0.200 e. The average molecular weight is 341 g/mol. The summed E-state index contributed by atoms with van der Waals surface area (Å²) in [6.07, 6.45) is 2.58. The number of fused-ring (bicyclic) bond motifs is 1. The van der Waals surface area contributed by atoms with Crippen LogP contribution in [-0.2, 0) is 0 Å². The molecule has 0 fully saturated rings. The minimum atomic E-state index is -0.466. The summed E-state index contributed by atoms with van der Waals surface area (Å²) in [6, 6.07) is 11.0. The lowest BCUT2D eigenvalue weighted by Gasteiger charge is -2.07. The summed E-state index contributed by atoms with van der Waals surface area (Å²) >= 11 is 0. The Labute approximate surface area is 142 Å². The minimum absolute atomic E-state index is 0.0990. The second-order valence-electron chi connectivity index (χ2n) is 5.36. The number of aromatic hydroxyl groups is 1. The fourth-order valence-corrected chi connectivity index (χ4v) is 2.38. The largest absolute Gasteiger partial charge is 0.508 e. The van der Waals surface area contributed by atoms with Crippen LogP contribution in [-0.4, -0.2) is 18.3 Å². The summed E-state index contributed by atoms with van der Waals surface area (Å²) in [4.78, 5) is 12.6. The molecular formula is C19H16FNO4. The first-order chi connectivity index (χ1) is 12.1. The van der Waals surface area contributed by atoms with Crippen molar-refractivity contribution in [2.75, 3.05) is 13.2 Å². The second kappa shape index (κ2) is 7.19. The molecule has 2 aromatic carbocycles. The first-order valence-electron chi connectivity index (χ1n) is 7.61. The van der Waals surface area contributed by atoms with Crippen molar-refractivity contribution >= 4 is 11.0 Å². The molecule has 3 aromatic rings. The molecule has 0 aliphatic heterocycles. The van der Waals surface area contributed by atoms with Gasteiger partial charge in [0.2, 0.25) is 0 Å². The van der Waals surface area contributed by atoms with Crippen molar-refractivity contribution in [3.8, 4) is 22.6 Å². The van der Waals surface area contributed by atoms with E-state index in [0.29, 0.717) is 27.8 Å². The van der Waals surface area contributed by atoms with Gasteiger partial charge in [0, 0.05) is 12.6 Å². The predicted molar refractivity (Wildman–Crippen MR) is 93.3 cm³/mol. The van der Waals surface area contributed by atoms with Gasteiger partial charge in [0.1, 0.15) is 35.8 Å². The highest BCUT2D eigenvalue weighted by Gasteiger charge is 2.10. The zero-order valence-corrected chi connectivity index (χ0v) is 13.2. The number of nitrogens with two attached hydrogens (primary N) is 1. The van der Waals surface area contributed by atoms with Gasteiger partial charge in [-0.2, -0.15) is 0 Å². The van der Waals surface area contributed by atoms with E-state index in [2.05, 4.69) is 0 Å². The molecular weight excluding hydrogens is 325 g/mol. The lowest BCUT2D eigenvalue weighted by Crippen LogP contribution is -2.05. The number of benzene rings is 2. The number of phenolic OH excluding ortho intramolecular Hbond substituents is 1. The quantitative estimate of drug-likeness (QED) is 0.743.